The van der Waals surface area contributed by atoms with Crippen molar-refractivity contribution in [1.82, 2.24) is 25.2 Å². The molecule has 10 heteroatoms. The number of halogens is 2. The molecular weight excluding hydrogens is 425 g/mol. The van der Waals surface area contributed by atoms with Crippen LogP contribution in [0.15, 0.2) is 70.0 Å². The molecule has 8 nitrogen and oxygen atoms in total. The highest BCUT2D eigenvalue weighted by Gasteiger charge is 2.14. The van der Waals surface area contributed by atoms with Crippen LogP contribution < -0.4 is 10.9 Å². The Hall–Kier alpha value is -3.85. The number of carbonyl (C=O) groups excluding carboxylic acids is 1. The van der Waals surface area contributed by atoms with E-state index in [-0.39, 0.29) is 30.5 Å². The van der Waals surface area contributed by atoms with Crippen LogP contribution in [-0.4, -0.2) is 25.8 Å². The van der Waals surface area contributed by atoms with E-state index in [0.29, 0.717) is 10.6 Å². The molecule has 1 N–H and O–H groups in total. The molecular formula is C21H15ClFN5O3. The van der Waals surface area contributed by atoms with Gasteiger partial charge in [0.25, 0.3) is 11.4 Å². The molecule has 4 aromatic rings. The van der Waals surface area contributed by atoms with E-state index >= 15 is 0 Å². The van der Waals surface area contributed by atoms with E-state index in [1.807, 2.05) is 0 Å². The van der Waals surface area contributed by atoms with Gasteiger partial charge in [0.2, 0.25) is 11.7 Å². The number of amides is 1. The number of rotatable bonds is 6. The van der Waals surface area contributed by atoms with E-state index in [2.05, 4.69) is 20.6 Å². The molecule has 0 radical (unpaired) electrons. The third kappa shape index (κ3) is 5.01. The van der Waals surface area contributed by atoms with E-state index in [4.69, 9.17) is 16.1 Å². The first-order valence-electron chi connectivity index (χ1n) is 9.17. The van der Waals surface area contributed by atoms with Crippen molar-refractivity contribution in [2.75, 3.05) is 0 Å². The predicted molar refractivity (Wildman–Crippen MR) is 110 cm³/mol. The first-order chi connectivity index (χ1) is 15.0. The Morgan fingerprint density at radius 1 is 1.13 bits per heavy atom. The molecule has 31 heavy (non-hydrogen) atoms. The largest absolute Gasteiger partial charge is 0.350 e. The van der Waals surface area contributed by atoms with Gasteiger partial charge in [0.05, 0.1) is 0 Å². The minimum atomic E-state index is -0.463. The second-order valence-electron chi connectivity index (χ2n) is 6.55. The zero-order valence-corrected chi connectivity index (χ0v) is 16.7. The fourth-order valence-electron chi connectivity index (χ4n) is 2.74. The average Bonchev–Trinajstić information content (AvgIpc) is 3.25. The third-order valence-corrected chi connectivity index (χ3v) is 4.54. The molecule has 0 bridgehead atoms. The lowest BCUT2D eigenvalue weighted by atomic mass is 10.2. The zero-order chi connectivity index (χ0) is 21.8. The maximum atomic E-state index is 13.4. The fourth-order valence-corrected chi connectivity index (χ4v) is 2.87. The molecule has 2 aromatic heterocycles. The first-order valence-corrected chi connectivity index (χ1v) is 9.55. The molecule has 0 saturated heterocycles. The Balaban J connectivity index is 1.48. The zero-order valence-electron chi connectivity index (χ0n) is 16.0. The maximum Gasteiger partial charge on any atom is 0.278 e. The van der Waals surface area contributed by atoms with E-state index in [1.54, 1.807) is 30.3 Å². The number of hydrogen-bond acceptors (Lipinski definition) is 6. The van der Waals surface area contributed by atoms with Crippen molar-refractivity contribution in [2.45, 2.75) is 13.1 Å². The number of carbonyl (C=O) groups is 1. The Bertz CT molecular complexity index is 1290. The Labute approximate surface area is 180 Å². The van der Waals surface area contributed by atoms with Crippen molar-refractivity contribution in [2.24, 2.45) is 0 Å². The number of benzene rings is 2. The van der Waals surface area contributed by atoms with Gasteiger partial charge < -0.3 is 9.84 Å². The molecule has 0 unspecified atom stereocenters. The summed E-state index contributed by atoms with van der Waals surface area (Å²) in [6.45, 7) is -0.00372. The molecule has 0 aliphatic carbocycles. The van der Waals surface area contributed by atoms with Crippen molar-refractivity contribution in [3.63, 3.8) is 0 Å². The van der Waals surface area contributed by atoms with Gasteiger partial charge in [-0.2, -0.15) is 10.1 Å². The summed E-state index contributed by atoms with van der Waals surface area (Å²) < 4.78 is 19.6. The smallest absolute Gasteiger partial charge is 0.278 e. The summed E-state index contributed by atoms with van der Waals surface area (Å²) in [5, 5.41) is 11.3. The van der Waals surface area contributed by atoms with Crippen LogP contribution in [0.2, 0.25) is 5.02 Å². The third-order valence-electron chi connectivity index (χ3n) is 4.29. The molecule has 2 aromatic carbocycles. The molecule has 0 saturated carbocycles. The van der Waals surface area contributed by atoms with Crippen molar-refractivity contribution >= 4 is 17.5 Å². The van der Waals surface area contributed by atoms with Gasteiger partial charge in [-0.3, -0.25) is 9.59 Å². The minimum Gasteiger partial charge on any atom is -0.350 e. The normalized spacial score (nSPS) is 10.8. The van der Waals surface area contributed by atoms with Crippen LogP contribution in [-0.2, 0) is 17.9 Å². The summed E-state index contributed by atoms with van der Waals surface area (Å²) in [4.78, 5) is 28.6. The predicted octanol–water partition coefficient (Wildman–Crippen LogP) is 3.07. The second-order valence-corrected chi connectivity index (χ2v) is 6.99. The molecule has 0 aliphatic rings. The van der Waals surface area contributed by atoms with Crippen LogP contribution in [0.3, 0.4) is 0 Å². The summed E-state index contributed by atoms with van der Waals surface area (Å²) in [5.74, 6) is -0.614. The van der Waals surface area contributed by atoms with Gasteiger partial charge in [-0.05, 0) is 35.9 Å². The Morgan fingerprint density at radius 3 is 2.71 bits per heavy atom. The number of aromatic nitrogens is 4. The van der Waals surface area contributed by atoms with Crippen LogP contribution in [0.1, 0.15) is 5.56 Å². The lowest BCUT2D eigenvalue weighted by molar-refractivity contribution is -0.122. The molecule has 156 valence electrons. The lowest BCUT2D eigenvalue weighted by Crippen LogP contribution is -2.33. The molecule has 4 rings (SSSR count). The van der Waals surface area contributed by atoms with Crippen molar-refractivity contribution in [3.8, 4) is 23.0 Å². The van der Waals surface area contributed by atoms with E-state index < -0.39 is 17.3 Å². The summed E-state index contributed by atoms with van der Waals surface area (Å²) in [7, 11) is 0. The number of nitrogens with zero attached hydrogens (tertiary/aromatic N) is 4. The second kappa shape index (κ2) is 8.88. The van der Waals surface area contributed by atoms with Gasteiger partial charge in [-0.1, -0.05) is 41.0 Å². The van der Waals surface area contributed by atoms with Crippen molar-refractivity contribution in [1.29, 1.82) is 0 Å². The highest BCUT2D eigenvalue weighted by molar-refractivity contribution is 6.30. The van der Waals surface area contributed by atoms with Crippen LogP contribution in [0.25, 0.3) is 23.0 Å². The fraction of sp³-hybridized carbons (Fsp3) is 0.0952. The summed E-state index contributed by atoms with van der Waals surface area (Å²) in [6, 6.07) is 15.4. The molecule has 1 amide bonds. The minimum absolute atomic E-state index is 0.0367. The molecule has 0 spiro atoms. The summed E-state index contributed by atoms with van der Waals surface area (Å²) >= 11 is 5.84. The summed E-state index contributed by atoms with van der Waals surface area (Å²) in [5.41, 5.74) is 1.04. The van der Waals surface area contributed by atoms with E-state index in [0.717, 1.165) is 10.2 Å². The van der Waals surface area contributed by atoms with Crippen LogP contribution in [0, 0.1) is 5.82 Å². The quantitative estimate of drug-likeness (QED) is 0.495. The average molecular weight is 440 g/mol. The molecule has 2 heterocycles. The summed E-state index contributed by atoms with van der Waals surface area (Å²) in [6.07, 6.45) is 0. The van der Waals surface area contributed by atoms with Crippen LogP contribution in [0.4, 0.5) is 4.39 Å². The topological polar surface area (TPSA) is 103 Å². The number of hydrogen-bond donors (Lipinski definition) is 1. The van der Waals surface area contributed by atoms with Gasteiger partial charge in [-0.25, -0.2) is 9.07 Å². The highest BCUT2D eigenvalue weighted by Crippen LogP contribution is 2.20. The van der Waals surface area contributed by atoms with Crippen molar-refractivity contribution < 1.29 is 13.7 Å². The van der Waals surface area contributed by atoms with Crippen LogP contribution >= 0.6 is 11.6 Å². The highest BCUT2D eigenvalue weighted by atomic mass is 35.5. The first kappa shape index (κ1) is 20.4. The van der Waals surface area contributed by atoms with Gasteiger partial charge in [-0.15, -0.1) is 0 Å². The van der Waals surface area contributed by atoms with E-state index in [1.165, 1.54) is 30.3 Å². The van der Waals surface area contributed by atoms with Crippen molar-refractivity contribution in [3.05, 3.63) is 87.4 Å². The van der Waals surface area contributed by atoms with Gasteiger partial charge in [0, 0.05) is 23.2 Å². The SMILES string of the molecule is O=C(Cn1nc(-c2nc(-c3cccc(F)c3)no2)ccc1=O)NCc1ccc(Cl)cc1. The monoisotopic (exact) mass is 439 g/mol. The molecule has 0 fully saturated rings. The molecule has 0 atom stereocenters. The lowest BCUT2D eigenvalue weighted by Gasteiger charge is -2.07. The Morgan fingerprint density at radius 2 is 1.94 bits per heavy atom. The van der Waals surface area contributed by atoms with Crippen LogP contribution in [0.5, 0.6) is 0 Å². The van der Waals surface area contributed by atoms with Gasteiger partial charge in [0.15, 0.2) is 0 Å². The van der Waals surface area contributed by atoms with E-state index in [9.17, 15) is 14.0 Å². The standard InChI is InChI=1S/C21H15ClFN5O3/c22-15-6-4-13(5-7-15)11-24-18(29)12-28-19(30)9-8-17(26-28)21-25-20(27-31-21)14-2-1-3-16(23)10-14/h1-10H,11-12H2,(H,24,29). The maximum absolute atomic E-state index is 13.4. The van der Waals surface area contributed by atoms with Gasteiger partial charge in [0.1, 0.15) is 18.1 Å². The molecule has 0 aliphatic heterocycles. The number of nitrogens with one attached hydrogen (secondary N) is 1. The Kier molecular flexibility index (Phi) is 5.85. The van der Waals surface area contributed by atoms with Gasteiger partial charge >= 0.3 is 0 Å².